The highest BCUT2D eigenvalue weighted by Gasteiger charge is 2.31. The summed E-state index contributed by atoms with van der Waals surface area (Å²) in [6.45, 7) is 4.44. The van der Waals surface area contributed by atoms with Crippen LogP contribution < -0.4 is 0 Å². The Morgan fingerprint density at radius 2 is 2.22 bits per heavy atom. The second kappa shape index (κ2) is 4.69. The van der Waals surface area contributed by atoms with E-state index in [9.17, 15) is 14.3 Å². The predicted molar refractivity (Wildman–Crippen MR) is 66.9 cm³/mol. The van der Waals surface area contributed by atoms with Gasteiger partial charge in [0, 0.05) is 18.7 Å². The third kappa shape index (κ3) is 2.70. The Morgan fingerprint density at radius 1 is 1.50 bits per heavy atom. The first-order chi connectivity index (χ1) is 8.39. The van der Waals surface area contributed by atoms with Gasteiger partial charge in [-0.2, -0.15) is 0 Å². The number of β-amino-alcohol motifs (C(OH)–C–C–N with tert-alkyl or cyclic N) is 1. The number of halogens is 1. The molecule has 1 aromatic carbocycles. The van der Waals surface area contributed by atoms with Gasteiger partial charge in [0.15, 0.2) is 0 Å². The lowest BCUT2D eigenvalue weighted by atomic mass is 9.94. The smallest absolute Gasteiger partial charge is 0.254 e. The van der Waals surface area contributed by atoms with Crippen molar-refractivity contribution >= 4 is 5.91 Å². The third-order valence-corrected chi connectivity index (χ3v) is 3.39. The second-order valence-electron chi connectivity index (χ2n) is 5.29. The Kier molecular flexibility index (Phi) is 3.39. The minimum absolute atomic E-state index is 0.202. The summed E-state index contributed by atoms with van der Waals surface area (Å²) in [6.07, 6.45) is 1.46. The molecule has 0 bridgehead atoms. The molecule has 2 rings (SSSR count). The number of carbonyl (C=O) groups is 1. The van der Waals surface area contributed by atoms with E-state index < -0.39 is 11.4 Å². The largest absolute Gasteiger partial charge is 0.388 e. The maximum Gasteiger partial charge on any atom is 0.254 e. The van der Waals surface area contributed by atoms with Gasteiger partial charge in [0.1, 0.15) is 5.82 Å². The fraction of sp³-hybridized carbons (Fsp3) is 0.500. The van der Waals surface area contributed by atoms with Gasteiger partial charge in [-0.1, -0.05) is 6.07 Å². The molecule has 1 unspecified atom stereocenters. The predicted octanol–water partition coefficient (Wildman–Crippen LogP) is 2.12. The number of nitrogens with zero attached hydrogens (tertiary/aromatic N) is 1. The van der Waals surface area contributed by atoms with E-state index in [4.69, 9.17) is 0 Å². The lowest BCUT2D eigenvalue weighted by Crippen LogP contribution is -2.48. The molecule has 0 aliphatic carbocycles. The summed E-state index contributed by atoms with van der Waals surface area (Å²) in [5, 5.41) is 10.00. The summed E-state index contributed by atoms with van der Waals surface area (Å²) < 4.78 is 13.2. The van der Waals surface area contributed by atoms with Crippen LogP contribution in [0.2, 0.25) is 0 Å². The number of carbonyl (C=O) groups excluding carboxylic acids is 1. The number of hydrogen-bond donors (Lipinski definition) is 1. The fourth-order valence-corrected chi connectivity index (χ4v) is 2.39. The van der Waals surface area contributed by atoms with Gasteiger partial charge in [-0.05, 0) is 44.4 Å². The molecule has 0 aromatic heterocycles. The summed E-state index contributed by atoms with van der Waals surface area (Å²) >= 11 is 0. The number of aryl methyl sites for hydroxylation is 1. The number of likely N-dealkylation sites (tertiary alicyclic amines) is 1. The molecular formula is C14H18FNO2. The van der Waals surface area contributed by atoms with E-state index in [2.05, 4.69) is 0 Å². The van der Waals surface area contributed by atoms with Crippen LogP contribution in [0.25, 0.3) is 0 Å². The Bertz CT molecular complexity index is 471. The van der Waals surface area contributed by atoms with Crippen LogP contribution >= 0.6 is 0 Å². The van der Waals surface area contributed by atoms with Crippen molar-refractivity contribution in [1.29, 1.82) is 0 Å². The minimum atomic E-state index is -0.838. The average molecular weight is 251 g/mol. The highest BCUT2D eigenvalue weighted by Crippen LogP contribution is 2.23. The van der Waals surface area contributed by atoms with Crippen LogP contribution in [0, 0.1) is 12.7 Å². The van der Waals surface area contributed by atoms with Crippen LogP contribution in [-0.4, -0.2) is 34.6 Å². The van der Waals surface area contributed by atoms with Gasteiger partial charge in [-0.3, -0.25) is 4.79 Å². The average Bonchev–Trinajstić information content (AvgIpc) is 2.30. The van der Waals surface area contributed by atoms with Crippen molar-refractivity contribution in [3.05, 3.63) is 35.1 Å². The van der Waals surface area contributed by atoms with E-state index in [0.717, 1.165) is 12.0 Å². The van der Waals surface area contributed by atoms with Gasteiger partial charge in [0.2, 0.25) is 0 Å². The maximum atomic E-state index is 13.2. The first kappa shape index (κ1) is 13.0. The summed E-state index contributed by atoms with van der Waals surface area (Å²) in [5.41, 5.74) is 0.300. The van der Waals surface area contributed by atoms with Crippen LogP contribution in [0.1, 0.15) is 35.7 Å². The van der Waals surface area contributed by atoms with Crippen LogP contribution in [0.5, 0.6) is 0 Å². The Hall–Kier alpha value is -1.42. The second-order valence-corrected chi connectivity index (χ2v) is 5.29. The van der Waals surface area contributed by atoms with E-state index in [-0.39, 0.29) is 5.91 Å². The Morgan fingerprint density at radius 3 is 2.89 bits per heavy atom. The van der Waals surface area contributed by atoms with E-state index in [1.54, 1.807) is 24.8 Å². The van der Waals surface area contributed by atoms with E-state index in [0.29, 0.717) is 25.1 Å². The standard InChI is InChI=1S/C14H18FNO2/c1-10-4-5-11(15)8-12(10)13(17)16-7-3-6-14(2,18)9-16/h4-5,8,18H,3,6-7,9H2,1-2H3. The zero-order valence-corrected chi connectivity index (χ0v) is 10.7. The molecule has 1 aliphatic heterocycles. The van der Waals surface area contributed by atoms with Crippen LogP contribution in [-0.2, 0) is 0 Å². The summed E-state index contributed by atoms with van der Waals surface area (Å²) in [6, 6.07) is 4.21. The number of benzene rings is 1. The van der Waals surface area contributed by atoms with Crippen molar-refractivity contribution in [3.8, 4) is 0 Å². The zero-order chi connectivity index (χ0) is 13.3. The third-order valence-electron chi connectivity index (χ3n) is 3.39. The van der Waals surface area contributed by atoms with Crippen molar-refractivity contribution in [2.45, 2.75) is 32.3 Å². The first-order valence-electron chi connectivity index (χ1n) is 6.17. The number of amides is 1. The van der Waals surface area contributed by atoms with Crippen molar-refractivity contribution in [2.24, 2.45) is 0 Å². The SMILES string of the molecule is Cc1ccc(F)cc1C(=O)N1CCCC(C)(O)C1. The molecule has 3 nitrogen and oxygen atoms in total. The molecule has 1 saturated heterocycles. The molecule has 1 N–H and O–H groups in total. The quantitative estimate of drug-likeness (QED) is 0.830. The highest BCUT2D eigenvalue weighted by atomic mass is 19.1. The molecule has 1 fully saturated rings. The molecule has 1 amide bonds. The molecule has 1 heterocycles. The molecule has 4 heteroatoms. The minimum Gasteiger partial charge on any atom is -0.388 e. The Labute approximate surface area is 106 Å². The number of hydrogen-bond acceptors (Lipinski definition) is 2. The number of piperidine rings is 1. The summed E-state index contributed by atoms with van der Waals surface area (Å²) in [5.74, 6) is -0.611. The Balaban J connectivity index is 2.23. The molecule has 1 atom stereocenters. The van der Waals surface area contributed by atoms with Crippen molar-refractivity contribution in [2.75, 3.05) is 13.1 Å². The maximum absolute atomic E-state index is 13.2. The van der Waals surface area contributed by atoms with E-state index in [1.807, 2.05) is 0 Å². The summed E-state index contributed by atoms with van der Waals surface area (Å²) in [4.78, 5) is 13.9. The number of rotatable bonds is 1. The molecule has 98 valence electrons. The first-order valence-corrected chi connectivity index (χ1v) is 6.17. The topological polar surface area (TPSA) is 40.5 Å². The lowest BCUT2D eigenvalue weighted by Gasteiger charge is -2.37. The van der Waals surface area contributed by atoms with Crippen LogP contribution in [0.4, 0.5) is 4.39 Å². The van der Waals surface area contributed by atoms with Gasteiger partial charge >= 0.3 is 0 Å². The van der Waals surface area contributed by atoms with Gasteiger partial charge in [0.25, 0.3) is 5.91 Å². The zero-order valence-electron chi connectivity index (χ0n) is 10.7. The van der Waals surface area contributed by atoms with Crippen molar-refractivity contribution in [3.63, 3.8) is 0 Å². The van der Waals surface area contributed by atoms with E-state index >= 15 is 0 Å². The molecule has 1 aromatic rings. The molecule has 0 saturated carbocycles. The molecule has 0 radical (unpaired) electrons. The fourth-order valence-electron chi connectivity index (χ4n) is 2.39. The van der Waals surface area contributed by atoms with Gasteiger partial charge in [0.05, 0.1) is 5.60 Å². The summed E-state index contributed by atoms with van der Waals surface area (Å²) in [7, 11) is 0. The van der Waals surface area contributed by atoms with Crippen LogP contribution in [0.3, 0.4) is 0 Å². The molecule has 0 spiro atoms. The van der Waals surface area contributed by atoms with Crippen molar-refractivity contribution in [1.82, 2.24) is 4.90 Å². The monoisotopic (exact) mass is 251 g/mol. The van der Waals surface area contributed by atoms with E-state index in [1.165, 1.54) is 12.1 Å². The van der Waals surface area contributed by atoms with Gasteiger partial charge in [-0.25, -0.2) is 4.39 Å². The molecular weight excluding hydrogens is 233 g/mol. The molecule has 1 aliphatic rings. The van der Waals surface area contributed by atoms with Gasteiger partial charge in [-0.15, -0.1) is 0 Å². The number of aliphatic hydroxyl groups is 1. The molecule has 18 heavy (non-hydrogen) atoms. The van der Waals surface area contributed by atoms with Crippen molar-refractivity contribution < 1.29 is 14.3 Å². The normalized spacial score (nSPS) is 24.1. The van der Waals surface area contributed by atoms with Crippen LogP contribution in [0.15, 0.2) is 18.2 Å². The lowest BCUT2D eigenvalue weighted by molar-refractivity contribution is -0.0107. The highest BCUT2D eigenvalue weighted by molar-refractivity contribution is 5.95. The van der Waals surface area contributed by atoms with Gasteiger partial charge < -0.3 is 10.0 Å².